The smallest absolute Gasteiger partial charge is 0.501 e. The molecule has 0 rings (SSSR count). The molecule has 0 N–H and O–H groups in total. The first-order chi connectivity index (χ1) is 5.20. The van der Waals surface area contributed by atoms with Gasteiger partial charge in [-0.3, -0.25) is 9.59 Å². The monoisotopic (exact) mass is 198 g/mol. The number of hydrogen-bond acceptors (Lipinski definition) is 4. The molecular formula is C4H5BCl2O4. The topological polar surface area (TPSA) is 52.6 Å². The highest BCUT2D eigenvalue weighted by Gasteiger charge is 2.05. The zero-order chi connectivity index (χ0) is 8.69. The highest BCUT2D eigenvalue weighted by atomic mass is 35.5. The van der Waals surface area contributed by atoms with Gasteiger partial charge in [0.2, 0.25) is 0 Å². The van der Waals surface area contributed by atoms with Crippen molar-refractivity contribution in [1.82, 2.24) is 0 Å². The second-order valence-electron chi connectivity index (χ2n) is 1.42. The summed E-state index contributed by atoms with van der Waals surface area (Å²) in [6.07, 6.45) is 0. The molecule has 0 aliphatic rings. The minimum absolute atomic E-state index is 0.265. The maximum atomic E-state index is 10.3. The molecule has 0 aliphatic carbocycles. The van der Waals surface area contributed by atoms with E-state index in [1.165, 1.54) is 0 Å². The lowest BCUT2D eigenvalue weighted by molar-refractivity contribution is -0.136. The molecule has 0 atom stereocenters. The number of hydrogen-bond donors (Lipinski definition) is 0. The van der Waals surface area contributed by atoms with Crippen molar-refractivity contribution in [3.05, 3.63) is 0 Å². The lowest BCUT2D eigenvalue weighted by Crippen LogP contribution is -2.17. The summed E-state index contributed by atoms with van der Waals surface area (Å²) < 4.78 is 8.58. The Balaban J connectivity index is 3.27. The Labute approximate surface area is 74.0 Å². The van der Waals surface area contributed by atoms with Crippen LogP contribution in [-0.2, 0) is 18.9 Å². The van der Waals surface area contributed by atoms with E-state index in [-0.39, 0.29) is 11.8 Å². The second-order valence-corrected chi connectivity index (χ2v) is 1.95. The number of carbonyl (C=O) groups is 2. The molecule has 0 aromatic rings. The molecule has 0 saturated carbocycles. The summed E-state index contributed by atoms with van der Waals surface area (Å²) in [7, 11) is -0.433. The Hall–Kier alpha value is -0.415. The van der Waals surface area contributed by atoms with E-state index in [0.29, 0.717) is 0 Å². The quantitative estimate of drug-likeness (QED) is 0.465. The molecule has 0 heterocycles. The normalized spacial score (nSPS) is 8.55. The molecule has 0 aliphatic heterocycles. The Morgan fingerprint density at radius 2 is 1.45 bits per heavy atom. The molecule has 0 aromatic heterocycles. The molecule has 7 heteroatoms. The summed E-state index contributed by atoms with van der Waals surface area (Å²) in [6, 6.07) is 0. The molecule has 0 aromatic carbocycles. The third-order valence-electron chi connectivity index (χ3n) is 0.658. The van der Waals surface area contributed by atoms with Crippen LogP contribution in [0.15, 0.2) is 0 Å². The van der Waals surface area contributed by atoms with E-state index >= 15 is 0 Å². The molecule has 0 spiro atoms. The summed E-state index contributed by atoms with van der Waals surface area (Å²) in [5, 5.41) is 0. The van der Waals surface area contributed by atoms with Crippen molar-refractivity contribution in [2.24, 2.45) is 0 Å². The van der Waals surface area contributed by atoms with Gasteiger partial charge in [0.05, 0.1) is 0 Å². The van der Waals surface area contributed by atoms with E-state index in [1.807, 2.05) is 0 Å². The van der Waals surface area contributed by atoms with Crippen LogP contribution in [0.4, 0.5) is 0 Å². The molecule has 62 valence electrons. The van der Waals surface area contributed by atoms with Crippen LogP contribution in [-0.4, -0.2) is 31.4 Å². The van der Waals surface area contributed by atoms with Crippen molar-refractivity contribution in [2.75, 3.05) is 11.8 Å². The van der Waals surface area contributed by atoms with Crippen LogP contribution in [0.2, 0.25) is 0 Å². The van der Waals surface area contributed by atoms with Crippen molar-refractivity contribution in [2.45, 2.75) is 0 Å². The number of halogens is 2. The molecule has 0 saturated heterocycles. The molecule has 4 nitrogen and oxygen atoms in total. The van der Waals surface area contributed by atoms with Crippen LogP contribution in [0, 0.1) is 0 Å². The van der Waals surface area contributed by atoms with E-state index < -0.39 is 19.6 Å². The van der Waals surface area contributed by atoms with Gasteiger partial charge in [0, 0.05) is 0 Å². The zero-order valence-electron chi connectivity index (χ0n) is 5.51. The highest BCUT2D eigenvalue weighted by Crippen LogP contribution is 1.84. The lowest BCUT2D eigenvalue weighted by Gasteiger charge is -2.00. The average Bonchev–Trinajstić information content (AvgIpc) is 2.04. The minimum atomic E-state index is -0.644. The van der Waals surface area contributed by atoms with E-state index in [2.05, 4.69) is 9.31 Å². The Morgan fingerprint density at radius 3 is 1.73 bits per heavy atom. The minimum Gasteiger partial charge on any atom is -0.501 e. The van der Waals surface area contributed by atoms with Crippen molar-refractivity contribution < 1.29 is 18.9 Å². The predicted molar refractivity (Wildman–Crippen MR) is 40.8 cm³/mol. The molecule has 11 heavy (non-hydrogen) atoms. The zero-order valence-corrected chi connectivity index (χ0v) is 7.02. The highest BCUT2D eigenvalue weighted by molar-refractivity contribution is 6.33. The fraction of sp³-hybridized carbons (Fsp3) is 0.500. The number of alkyl halides is 2. The molecule has 0 unspecified atom stereocenters. The first-order valence-corrected chi connectivity index (χ1v) is 3.70. The van der Waals surface area contributed by atoms with E-state index in [9.17, 15) is 9.59 Å². The maximum Gasteiger partial charge on any atom is 0.580 e. The standard InChI is InChI=1S/C4H5BCl2O4/c6-1-3(8)10-5-11-4(9)2-7/h5H,1-2H2. The van der Waals surface area contributed by atoms with Gasteiger partial charge in [-0.05, 0) is 0 Å². The third kappa shape index (κ3) is 6.00. The lowest BCUT2D eigenvalue weighted by atomic mass is 10.4. The molecule has 0 radical (unpaired) electrons. The van der Waals surface area contributed by atoms with Crippen molar-refractivity contribution in [3.8, 4) is 0 Å². The van der Waals surface area contributed by atoms with Crippen LogP contribution in [0.5, 0.6) is 0 Å². The fourth-order valence-corrected chi connectivity index (χ4v) is 0.392. The van der Waals surface area contributed by atoms with Crippen molar-refractivity contribution >= 4 is 42.8 Å². The summed E-state index contributed by atoms with van der Waals surface area (Å²) in [4.78, 5) is 20.6. The molecule has 0 bridgehead atoms. The van der Waals surface area contributed by atoms with Gasteiger partial charge >= 0.3 is 19.6 Å². The van der Waals surface area contributed by atoms with E-state index in [4.69, 9.17) is 23.2 Å². The second kappa shape index (κ2) is 6.31. The Kier molecular flexibility index (Phi) is 6.07. The van der Waals surface area contributed by atoms with Crippen molar-refractivity contribution in [3.63, 3.8) is 0 Å². The average molecular weight is 199 g/mol. The van der Waals surface area contributed by atoms with Gasteiger partial charge < -0.3 is 9.31 Å². The first-order valence-electron chi connectivity index (χ1n) is 2.64. The van der Waals surface area contributed by atoms with Gasteiger partial charge in [0.15, 0.2) is 0 Å². The van der Waals surface area contributed by atoms with Gasteiger partial charge in [-0.15, -0.1) is 23.2 Å². The Bertz CT molecular complexity index is 135. The maximum absolute atomic E-state index is 10.3. The Morgan fingerprint density at radius 1 is 1.09 bits per heavy atom. The predicted octanol–water partition coefficient (Wildman–Crippen LogP) is -0.183. The van der Waals surface area contributed by atoms with Gasteiger partial charge in [-0.1, -0.05) is 0 Å². The van der Waals surface area contributed by atoms with Gasteiger partial charge in [0.25, 0.3) is 0 Å². The first kappa shape index (κ1) is 10.6. The summed E-state index contributed by atoms with van der Waals surface area (Å²) in [5.41, 5.74) is 0. The summed E-state index contributed by atoms with van der Waals surface area (Å²) >= 11 is 10.1. The largest absolute Gasteiger partial charge is 0.580 e. The van der Waals surface area contributed by atoms with Crippen LogP contribution < -0.4 is 0 Å². The van der Waals surface area contributed by atoms with E-state index in [0.717, 1.165) is 0 Å². The molecule has 0 amide bonds. The summed E-state index contributed by atoms with van der Waals surface area (Å²) in [6.45, 7) is 0. The molecular weight excluding hydrogens is 194 g/mol. The van der Waals surface area contributed by atoms with Gasteiger partial charge in [0.1, 0.15) is 11.8 Å². The van der Waals surface area contributed by atoms with Crippen LogP contribution in [0.3, 0.4) is 0 Å². The van der Waals surface area contributed by atoms with E-state index in [1.54, 1.807) is 0 Å². The van der Waals surface area contributed by atoms with Crippen LogP contribution in [0.1, 0.15) is 0 Å². The molecule has 0 fully saturated rings. The van der Waals surface area contributed by atoms with Crippen LogP contribution >= 0.6 is 23.2 Å². The SMILES string of the molecule is O=C(CCl)OBOC(=O)CCl. The third-order valence-corrected chi connectivity index (χ3v) is 1.09. The van der Waals surface area contributed by atoms with Gasteiger partial charge in [-0.2, -0.15) is 0 Å². The van der Waals surface area contributed by atoms with Crippen molar-refractivity contribution in [1.29, 1.82) is 0 Å². The summed E-state index contributed by atoms with van der Waals surface area (Å²) in [5.74, 6) is -1.82. The van der Waals surface area contributed by atoms with Gasteiger partial charge in [-0.25, -0.2) is 0 Å². The number of carbonyl (C=O) groups excluding carboxylic acids is 2. The van der Waals surface area contributed by atoms with Crippen LogP contribution in [0.25, 0.3) is 0 Å². The number of rotatable bonds is 4. The fourth-order valence-electron chi connectivity index (χ4n) is 0.238.